The number of phenolic OH excluding ortho intramolecular Hbond substituents is 1. The van der Waals surface area contributed by atoms with Crippen molar-refractivity contribution in [2.24, 2.45) is 0 Å². The van der Waals surface area contributed by atoms with Crippen molar-refractivity contribution in [2.45, 2.75) is 6.42 Å². The number of carbonyl (C=O) groups excluding carboxylic acids is 1. The Morgan fingerprint density at radius 2 is 2.33 bits per heavy atom. The van der Waals surface area contributed by atoms with E-state index in [1.807, 2.05) is 5.38 Å². The summed E-state index contributed by atoms with van der Waals surface area (Å²) < 4.78 is 0.571. The second kappa shape index (κ2) is 5.97. The molecule has 0 aliphatic heterocycles. The molecule has 94 valence electrons. The normalized spacial score (nSPS) is 10.3. The lowest BCUT2D eigenvalue weighted by Crippen LogP contribution is -2.25. The van der Waals surface area contributed by atoms with Gasteiger partial charge in [-0.25, -0.2) is 4.98 Å². The molecule has 0 aliphatic rings. The smallest absolute Gasteiger partial charge is 0.251 e. The van der Waals surface area contributed by atoms with E-state index >= 15 is 0 Å². The van der Waals surface area contributed by atoms with Gasteiger partial charge < -0.3 is 10.4 Å². The van der Waals surface area contributed by atoms with Gasteiger partial charge in [-0.2, -0.15) is 0 Å². The molecule has 1 heterocycles. The molecule has 4 nitrogen and oxygen atoms in total. The number of benzene rings is 1. The summed E-state index contributed by atoms with van der Waals surface area (Å²) in [7, 11) is 0. The molecule has 0 radical (unpaired) electrons. The van der Waals surface area contributed by atoms with Crippen LogP contribution in [0.3, 0.4) is 0 Å². The molecule has 1 amide bonds. The van der Waals surface area contributed by atoms with Crippen molar-refractivity contribution in [1.29, 1.82) is 0 Å². The molecule has 0 spiro atoms. The van der Waals surface area contributed by atoms with Gasteiger partial charge in [0.1, 0.15) is 5.75 Å². The summed E-state index contributed by atoms with van der Waals surface area (Å²) in [6, 6.07) is 4.73. The molecule has 0 bridgehead atoms. The highest BCUT2D eigenvalue weighted by Crippen LogP contribution is 2.24. The average Bonchev–Trinajstić information content (AvgIpc) is 2.85. The van der Waals surface area contributed by atoms with E-state index in [2.05, 4.69) is 26.2 Å². The molecule has 0 aliphatic carbocycles. The zero-order valence-corrected chi connectivity index (χ0v) is 11.8. The zero-order chi connectivity index (χ0) is 13.0. The number of hydrogen-bond donors (Lipinski definition) is 2. The summed E-state index contributed by atoms with van der Waals surface area (Å²) in [5, 5.41) is 14.2. The van der Waals surface area contributed by atoms with Crippen LogP contribution in [0.1, 0.15) is 16.1 Å². The van der Waals surface area contributed by atoms with Crippen molar-refractivity contribution in [3.63, 3.8) is 0 Å². The third kappa shape index (κ3) is 3.30. The van der Waals surface area contributed by atoms with Crippen molar-refractivity contribution in [1.82, 2.24) is 10.3 Å². The van der Waals surface area contributed by atoms with Crippen molar-refractivity contribution in [3.05, 3.63) is 44.8 Å². The summed E-state index contributed by atoms with van der Waals surface area (Å²) in [4.78, 5) is 15.9. The predicted octanol–water partition coefficient (Wildman–Crippen LogP) is 2.58. The summed E-state index contributed by atoms with van der Waals surface area (Å²) in [6.07, 6.45) is 0.706. The van der Waals surface area contributed by atoms with Gasteiger partial charge in [-0.3, -0.25) is 4.79 Å². The van der Waals surface area contributed by atoms with E-state index in [1.54, 1.807) is 17.6 Å². The maximum absolute atomic E-state index is 11.8. The molecular weight excluding hydrogens is 316 g/mol. The Morgan fingerprint density at radius 1 is 1.50 bits per heavy atom. The van der Waals surface area contributed by atoms with Gasteiger partial charge in [-0.05, 0) is 34.1 Å². The molecular formula is C12H11BrN2O2S. The SMILES string of the molecule is O=C(NCCc1cscn1)c1ccc(Br)c(O)c1. The minimum absolute atomic E-state index is 0.0575. The third-order valence-electron chi connectivity index (χ3n) is 2.36. The van der Waals surface area contributed by atoms with Gasteiger partial charge in [-0.15, -0.1) is 11.3 Å². The second-order valence-electron chi connectivity index (χ2n) is 3.65. The topological polar surface area (TPSA) is 62.2 Å². The number of phenols is 1. The van der Waals surface area contributed by atoms with Crippen molar-refractivity contribution < 1.29 is 9.90 Å². The molecule has 0 saturated carbocycles. The summed E-state index contributed by atoms with van der Waals surface area (Å²) in [5.74, 6) is -0.143. The quantitative estimate of drug-likeness (QED) is 0.907. The first-order valence-electron chi connectivity index (χ1n) is 5.30. The monoisotopic (exact) mass is 326 g/mol. The molecule has 0 atom stereocenters. The third-order valence-corrected chi connectivity index (χ3v) is 3.66. The van der Waals surface area contributed by atoms with Crippen LogP contribution in [0.25, 0.3) is 0 Å². The summed E-state index contributed by atoms with van der Waals surface area (Å²) >= 11 is 4.70. The zero-order valence-electron chi connectivity index (χ0n) is 9.39. The Labute approximate surface area is 117 Å². The fourth-order valence-electron chi connectivity index (χ4n) is 1.42. The number of nitrogens with one attached hydrogen (secondary N) is 1. The van der Waals surface area contributed by atoms with Crippen LogP contribution in [-0.2, 0) is 6.42 Å². The lowest BCUT2D eigenvalue weighted by atomic mass is 10.2. The van der Waals surface area contributed by atoms with Gasteiger partial charge in [0.2, 0.25) is 0 Å². The van der Waals surface area contributed by atoms with Crippen LogP contribution < -0.4 is 5.32 Å². The molecule has 0 saturated heterocycles. The van der Waals surface area contributed by atoms with Crippen LogP contribution in [0.2, 0.25) is 0 Å². The van der Waals surface area contributed by atoms with E-state index in [0.717, 1.165) is 5.69 Å². The molecule has 2 aromatic rings. The first-order chi connectivity index (χ1) is 8.66. The number of thiazole rings is 1. The Morgan fingerprint density at radius 3 is 3.00 bits per heavy atom. The molecule has 0 fully saturated rings. The lowest BCUT2D eigenvalue weighted by Gasteiger charge is -2.05. The lowest BCUT2D eigenvalue weighted by molar-refractivity contribution is 0.0953. The van der Waals surface area contributed by atoms with Crippen LogP contribution in [0.15, 0.2) is 33.6 Å². The van der Waals surface area contributed by atoms with Crippen LogP contribution >= 0.6 is 27.3 Å². The minimum atomic E-state index is -0.201. The van der Waals surface area contributed by atoms with Crippen LogP contribution in [-0.4, -0.2) is 22.5 Å². The number of halogens is 1. The molecule has 2 N–H and O–H groups in total. The highest BCUT2D eigenvalue weighted by atomic mass is 79.9. The first-order valence-corrected chi connectivity index (χ1v) is 7.04. The Balaban J connectivity index is 1.89. The first kappa shape index (κ1) is 13.0. The molecule has 0 unspecified atom stereocenters. The standard InChI is InChI=1S/C12H11BrN2O2S/c13-10-2-1-8(5-11(10)16)12(17)14-4-3-9-6-18-7-15-9/h1-2,5-7,16H,3-4H2,(H,14,17). The van der Waals surface area contributed by atoms with Crippen molar-refractivity contribution in [2.75, 3.05) is 6.54 Å². The largest absolute Gasteiger partial charge is 0.507 e. The fraction of sp³-hybridized carbons (Fsp3) is 0.167. The van der Waals surface area contributed by atoms with Crippen LogP contribution in [0.5, 0.6) is 5.75 Å². The fourth-order valence-corrected chi connectivity index (χ4v) is 2.26. The van der Waals surface area contributed by atoms with E-state index < -0.39 is 0 Å². The van der Waals surface area contributed by atoms with E-state index in [9.17, 15) is 9.90 Å². The summed E-state index contributed by atoms with van der Waals surface area (Å²) in [5.41, 5.74) is 3.18. The molecule has 1 aromatic heterocycles. The number of rotatable bonds is 4. The summed E-state index contributed by atoms with van der Waals surface area (Å²) in [6.45, 7) is 0.527. The Bertz CT molecular complexity index is 543. The minimum Gasteiger partial charge on any atom is -0.507 e. The van der Waals surface area contributed by atoms with Gasteiger partial charge in [0.15, 0.2) is 0 Å². The highest BCUT2D eigenvalue weighted by molar-refractivity contribution is 9.10. The van der Waals surface area contributed by atoms with E-state index in [0.29, 0.717) is 23.0 Å². The van der Waals surface area contributed by atoms with Gasteiger partial charge >= 0.3 is 0 Å². The van der Waals surface area contributed by atoms with Gasteiger partial charge in [0, 0.05) is 23.9 Å². The number of carbonyl (C=O) groups is 1. The van der Waals surface area contributed by atoms with Gasteiger partial charge in [-0.1, -0.05) is 0 Å². The van der Waals surface area contributed by atoms with Crippen LogP contribution in [0.4, 0.5) is 0 Å². The van der Waals surface area contributed by atoms with Crippen LogP contribution in [0, 0.1) is 0 Å². The van der Waals surface area contributed by atoms with E-state index in [4.69, 9.17) is 0 Å². The maximum atomic E-state index is 11.8. The maximum Gasteiger partial charge on any atom is 0.251 e. The van der Waals surface area contributed by atoms with Gasteiger partial charge in [0.25, 0.3) is 5.91 Å². The number of aromatic hydroxyl groups is 1. The van der Waals surface area contributed by atoms with E-state index in [-0.39, 0.29) is 11.7 Å². The number of amides is 1. The molecule has 6 heteroatoms. The number of nitrogens with zero attached hydrogens (tertiary/aromatic N) is 1. The molecule has 2 rings (SSSR count). The predicted molar refractivity (Wildman–Crippen MR) is 74.0 cm³/mol. The Kier molecular flexibility index (Phi) is 4.33. The highest BCUT2D eigenvalue weighted by Gasteiger charge is 2.07. The molecule has 18 heavy (non-hydrogen) atoms. The van der Waals surface area contributed by atoms with E-state index in [1.165, 1.54) is 17.4 Å². The number of hydrogen-bond acceptors (Lipinski definition) is 4. The Hall–Kier alpha value is -1.40. The number of aromatic nitrogens is 1. The molecule has 1 aromatic carbocycles. The van der Waals surface area contributed by atoms with Crippen molar-refractivity contribution >= 4 is 33.2 Å². The second-order valence-corrected chi connectivity index (χ2v) is 5.22. The average molecular weight is 327 g/mol. The van der Waals surface area contributed by atoms with Crippen molar-refractivity contribution in [3.8, 4) is 5.75 Å². The van der Waals surface area contributed by atoms with Gasteiger partial charge in [0.05, 0.1) is 15.7 Å².